The molecule has 0 fully saturated rings. The molecule has 0 aliphatic carbocycles. The molecule has 1 aromatic carbocycles. The van der Waals surface area contributed by atoms with Crippen molar-refractivity contribution in [3.8, 4) is 0 Å². The van der Waals surface area contributed by atoms with Crippen LogP contribution in [0.25, 0.3) is 0 Å². The molecule has 1 amide bonds. The number of carbonyl (C=O) groups is 1. The number of rotatable bonds is 9. The number of nitrogens with one attached hydrogen (secondary N) is 1. The number of hydrogen-bond donors (Lipinski definition) is 1. The summed E-state index contributed by atoms with van der Waals surface area (Å²) in [4.78, 5) is 16.0. The van der Waals surface area contributed by atoms with Crippen LogP contribution < -0.4 is 4.72 Å². The van der Waals surface area contributed by atoms with Gasteiger partial charge in [-0.1, -0.05) is 13.0 Å². The lowest BCUT2D eigenvalue weighted by molar-refractivity contribution is 0.0719. The normalized spacial score (nSPS) is 12.6. The van der Waals surface area contributed by atoms with E-state index in [2.05, 4.69) is 4.72 Å². The van der Waals surface area contributed by atoms with E-state index < -0.39 is 10.0 Å². The minimum atomic E-state index is -3.60. The van der Waals surface area contributed by atoms with E-state index in [-0.39, 0.29) is 16.8 Å². The number of amides is 1. The predicted molar refractivity (Wildman–Crippen MR) is 113 cm³/mol. The Morgan fingerprint density at radius 3 is 2.48 bits per heavy atom. The Kier molecular flexibility index (Phi) is 6.89. The van der Waals surface area contributed by atoms with Crippen LogP contribution >= 0.6 is 11.3 Å². The van der Waals surface area contributed by atoms with E-state index in [1.807, 2.05) is 37.4 Å². The van der Waals surface area contributed by atoms with Gasteiger partial charge in [0.05, 0.1) is 24.2 Å². The monoisotopic (exact) mass is 432 g/mol. The van der Waals surface area contributed by atoms with E-state index in [1.54, 1.807) is 40.7 Å². The van der Waals surface area contributed by atoms with Crippen LogP contribution in [0, 0.1) is 0 Å². The summed E-state index contributed by atoms with van der Waals surface area (Å²) in [7, 11) is -3.60. The molecule has 0 radical (unpaired) electrons. The number of benzene rings is 1. The van der Waals surface area contributed by atoms with Gasteiger partial charge >= 0.3 is 0 Å². The predicted octanol–water partition coefficient (Wildman–Crippen LogP) is 4.26. The Balaban J connectivity index is 1.80. The van der Waals surface area contributed by atoms with Crippen LogP contribution in [0.4, 0.5) is 0 Å². The number of furan rings is 1. The molecule has 1 unspecified atom stereocenters. The largest absolute Gasteiger partial charge is 0.467 e. The molecule has 0 saturated heterocycles. The second-order valence-electron chi connectivity index (χ2n) is 6.77. The van der Waals surface area contributed by atoms with Gasteiger partial charge in [-0.25, -0.2) is 13.1 Å². The zero-order valence-corrected chi connectivity index (χ0v) is 18.0. The molecule has 1 N–H and O–H groups in total. The van der Waals surface area contributed by atoms with Gasteiger partial charge in [-0.3, -0.25) is 4.79 Å². The van der Waals surface area contributed by atoms with Gasteiger partial charge in [-0.05, 0) is 61.2 Å². The molecule has 2 aromatic heterocycles. The topological polar surface area (TPSA) is 79.6 Å². The first-order valence-electron chi connectivity index (χ1n) is 9.35. The third-order valence-corrected chi connectivity index (χ3v) is 6.99. The average molecular weight is 433 g/mol. The van der Waals surface area contributed by atoms with E-state index in [4.69, 9.17) is 4.42 Å². The lowest BCUT2D eigenvalue weighted by Crippen LogP contribution is -2.32. The summed E-state index contributed by atoms with van der Waals surface area (Å²) in [6, 6.07) is 13.4. The smallest absolute Gasteiger partial charge is 0.254 e. The van der Waals surface area contributed by atoms with E-state index in [1.165, 1.54) is 12.1 Å². The number of nitrogens with zero attached hydrogens (tertiary/aromatic N) is 1. The molecule has 2 heterocycles. The molecule has 3 rings (SSSR count). The van der Waals surface area contributed by atoms with E-state index in [9.17, 15) is 13.2 Å². The van der Waals surface area contributed by atoms with Gasteiger partial charge in [0, 0.05) is 16.5 Å². The van der Waals surface area contributed by atoms with Crippen LogP contribution in [0.1, 0.15) is 41.3 Å². The van der Waals surface area contributed by atoms with Crippen molar-refractivity contribution in [3.05, 3.63) is 76.4 Å². The highest BCUT2D eigenvalue weighted by atomic mass is 32.2. The minimum absolute atomic E-state index is 0.144. The maximum Gasteiger partial charge on any atom is 0.254 e. The van der Waals surface area contributed by atoms with Gasteiger partial charge in [0.25, 0.3) is 5.91 Å². The first-order chi connectivity index (χ1) is 13.9. The molecule has 0 aliphatic rings. The summed E-state index contributed by atoms with van der Waals surface area (Å²) < 4.78 is 32.9. The number of hydrogen-bond acceptors (Lipinski definition) is 5. The maximum absolute atomic E-state index is 13.1. The molecule has 0 bridgehead atoms. The van der Waals surface area contributed by atoms with Crippen molar-refractivity contribution in [2.75, 3.05) is 0 Å². The van der Waals surface area contributed by atoms with Crippen LogP contribution in [0.5, 0.6) is 0 Å². The SMILES string of the molecule is CCC(C)NS(=O)(=O)c1ccc(C(=O)N(Cc2ccco2)Cc2cccs2)cc1. The summed E-state index contributed by atoms with van der Waals surface area (Å²) in [6.45, 7) is 4.51. The molecule has 8 heteroatoms. The Bertz CT molecular complexity index is 975. The van der Waals surface area contributed by atoms with Crippen LogP contribution in [0.2, 0.25) is 0 Å². The molecule has 29 heavy (non-hydrogen) atoms. The molecule has 6 nitrogen and oxygen atoms in total. The standard InChI is InChI=1S/C21H24N2O4S2/c1-3-16(2)22-29(25,26)20-10-8-17(9-11-20)21(24)23(14-18-6-4-12-27-18)15-19-7-5-13-28-19/h4-13,16,22H,3,14-15H2,1-2H3. The number of sulfonamides is 1. The fourth-order valence-electron chi connectivity index (χ4n) is 2.76. The molecular weight excluding hydrogens is 408 g/mol. The van der Waals surface area contributed by atoms with Gasteiger partial charge in [0.2, 0.25) is 10.0 Å². The summed E-state index contributed by atoms with van der Waals surface area (Å²) in [5.41, 5.74) is 0.426. The van der Waals surface area contributed by atoms with Crippen molar-refractivity contribution < 1.29 is 17.6 Å². The summed E-state index contributed by atoms with van der Waals surface area (Å²) in [5.74, 6) is 0.500. The van der Waals surface area contributed by atoms with Crippen LogP contribution in [0.3, 0.4) is 0 Å². The summed E-state index contributed by atoms with van der Waals surface area (Å²) >= 11 is 1.58. The Hall–Kier alpha value is -2.42. The zero-order chi connectivity index (χ0) is 20.9. The Morgan fingerprint density at radius 2 is 1.90 bits per heavy atom. The van der Waals surface area contributed by atoms with Crippen molar-refractivity contribution in [2.24, 2.45) is 0 Å². The third kappa shape index (κ3) is 5.56. The summed E-state index contributed by atoms with van der Waals surface area (Å²) in [5, 5.41) is 1.97. The van der Waals surface area contributed by atoms with Gasteiger partial charge in [0.1, 0.15) is 5.76 Å². The molecule has 0 aliphatic heterocycles. The van der Waals surface area contributed by atoms with Gasteiger partial charge in [-0.15, -0.1) is 11.3 Å². The van der Waals surface area contributed by atoms with Crippen molar-refractivity contribution in [1.29, 1.82) is 0 Å². The zero-order valence-electron chi connectivity index (χ0n) is 16.4. The number of carbonyl (C=O) groups excluding carboxylic acids is 1. The van der Waals surface area contributed by atoms with Gasteiger partial charge < -0.3 is 9.32 Å². The fraction of sp³-hybridized carbons (Fsp3) is 0.286. The molecule has 0 saturated carbocycles. The van der Waals surface area contributed by atoms with Crippen LogP contribution in [-0.2, 0) is 23.1 Å². The van der Waals surface area contributed by atoms with E-state index >= 15 is 0 Å². The van der Waals surface area contributed by atoms with Gasteiger partial charge in [0.15, 0.2) is 0 Å². The Labute approximate surface area is 175 Å². The molecular formula is C21H24N2O4S2. The highest BCUT2D eigenvalue weighted by Crippen LogP contribution is 2.19. The van der Waals surface area contributed by atoms with Crippen molar-refractivity contribution in [3.63, 3.8) is 0 Å². The quantitative estimate of drug-likeness (QED) is 0.548. The second-order valence-corrected chi connectivity index (χ2v) is 9.52. The van der Waals surface area contributed by atoms with Crippen molar-refractivity contribution >= 4 is 27.3 Å². The maximum atomic E-state index is 13.1. The van der Waals surface area contributed by atoms with E-state index in [0.717, 1.165) is 4.88 Å². The van der Waals surface area contributed by atoms with E-state index in [0.29, 0.717) is 30.8 Å². The van der Waals surface area contributed by atoms with Crippen LogP contribution in [0.15, 0.2) is 69.5 Å². The van der Waals surface area contributed by atoms with Crippen molar-refractivity contribution in [1.82, 2.24) is 9.62 Å². The minimum Gasteiger partial charge on any atom is -0.467 e. The highest BCUT2D eigenvalue weighted by Gasteiger charge is 2.21. The molecule has 1 atom stereocenters. The fourth-order valence-corrected chi connectivity index (χ4v) is 4.80. The Morgan fingerprint density at radius 1 is 1.14 bits per heavy atom. The molecule has 0 spiro atoms. The molecule has 3 aromatic rings. The lowest BCUT2D eigenvalue weighted by Gasteiger charge is -2.21. The van der Waals surface area contributed by atoms with Crippen LogP contribution in [-0.4, -0.2) is 25.3 Å². The number of thiophene rings is 1. The lowest BCUT2D eigenvalue weighted by atomic mass is 10.2. The third-order valence-electron chi connectivity index (χ3n) is 4.52. The molecule has 154 valence electrons. The first-order valence-corrected chi connectivity index (χ1v) is 11.7. The highest BCUT2D eigenvalue weighted by molar-refractivity contribution is 7.89. The van der Waals surface area contributed by atoms with Gasteiger partial charge in [-0.2, -0.15) is 0 Å². The first kappa shape index (κ1) is 21.3. The second kappa shape index (κ2) is 9.39. The average Bonchev–Trinajstić information content (AvgIpc) is 3.41. The van der Waals surface area contributed by atoms with Crippen molar-refractivity contribution in [2.45, 2.75) is 44.3 Å². The summed E-state index contributed by atoms with van der Waals surface area (Å²) in [6.07, 6.45) is 2.27.